The van der Waals surface area contributed by atoms with Gasteiger partial charge in [0.1, 0.15) is 18.1 Å². The predicted molar refractivity (Wildman–Crippen MR) is 91.3 cm³/mol. The molecule has 0 bridgehead atoms. The molecule has 0 fully saturated rings. The number of aryl methyl sites for hydroxylation is 1. The van der Waals surface area contributed by atoms with Gasteiger partial charge in [0.2, 0.25) is 5.89 Å². The van der Waals surface area contributed by atoms with Crippen molar-refractivity contribution in [1.82, 2.24) is 4.98 Å². The molecule has 0 aliphatic heterocycles. The first-order valence-corrected chi connectivity index (χ1v) is 8.27. The second-order valence-electron chi connectivity index (χ2n) is 6.19. The second-order valence-corrected chi connectivity index (χ2v) is 6.19. The minimum atomic E-state index is -0.579. The Labute approximate surface area is 143 Å². The van der Waals surface area contributed by atoms with Gasteiger partial charge in [0, 0.05) is 12.2 Å². The first-order valence-electron chi connectivity index (χ1n) is 8.27. The number of rotatable bonds is 8. The van der Waals surface area contributed by atoms with Gasteiger partial charge in [0.05, 0.1) is 0 Å². The molecule has 0 amide bonds. The lowest BCUT2D eigenvalue weighted by atomic mass is 10.1. The molecule has 0 spiro atoms. The van der Waals surface area contributed by atoms with E-state index in [4.69, 9.17) is 13.9 Å². The molecule has 0 aliphatic rings. The zero-order valence-electron chi connectivity index (χ0n) is 14.7. The van der Waals surface area contributed by atoms with Gasteiger partial charge >= 0.3 is 5.97 Å². The number of oxazole rings is 1. The van der Waals surface area contributed by atoms with Crippen LogP contribution in [0, 0.1) is 12.8 Å². The van der Waals surface area contributed by atoms with Gasteiger partial charge in [0.15, 0.2) is 6.10 Å². The molecule has 1 aromatic heterocycles. The Morgan fingerprint density at radius 3 is 2.58 bits per heavy atom. The smallest absolute Gasteiger partial charge is 0.335 e. The Morgan fingerprint density at radius 1 is 1.21 bits per heavy atom. The average molecular weight is 331 g/mol. The molecule has 2 rings (SSSR count). The van der Waals surface area contributed by atoms with Gasteiger partial charge in [-0.2, -0.15) is 0 Å². The topological polar surface area (TPSA) is 61.6 Å². The molecule has 1 aromatic carbocycles. The van der Waals surface area contributed by atoms with Crippen LogP contribution in [0.3, 0.4) is 0 Å². The highest BCUT2D eigenvalue weighted by Gasteiger charge is 2.18. The van der Waals surface area contributed by atoms with Crippen molar-refractivity contribution in [2.24, 2.45) is 5.92 Å². The Balaban J connectivity index is 1.88. The summed E-state index contributed by atoms with van der Waals surface area (Å²) < 4.78 is 16.4. The predicted octanol–water partition coefficient (Wildman–Crippen LogP) is 4.14. The molecule has 5 heteroatoms. The van der Waals surface area contributed by atoms with Crippen molar-refractivity contribution in [3.05, 3.63) is 41.8 Å². The Bertz CT molecular complexity index is 649. The summed E-state index contributed by atoms with van der Waals surface area (Å²) >= 11 is 0. The molecule has 130 valence electrons. The van der Waals surface area contributed by atoms with Crippen LogP contribution in [0.1, 0.15) is 38.6 Å². The van der Waals surface area contributed by atoms with Crippen molar-refractivity contribution in [3.8, 4) is 11.5 Å². The lowest BCUT2D eigenvalue weighted by Gasteiger charge is -2.13. The fourth-order valence-electron chi connectivity index (χ4n) is 2.07. The van der Waals surface area contributed by atoms with Crippen LogP contribution in [0.25, 0.3) is 11.5 Å². The molecule has 0 radical (unpaired) electrons. The first kappa shape index (κ1) is 18.2. The zero-order valence-corrected chi connectivity index (χ0v) is 14.7. The minimum absolute atomic E-state index is 0.0822. The number of hydrogen-bond acceptors (Lipinski definition) is 5. The van der Waals surface area contributed by atoms with E-state index in [-0.39, 0.29) is 12.6 Å². The number of hydrogen-bond donors (Lipinski definition) is 0. The first-order chi connectivity index (χ1) is 11.5. The maximum atomic E-state index is 12.0. The summed E-state index contributed by atoms with van der Waals surface area (Å²) in [7, 11) is 0. The number of nitrogens with zero attached hydrogens (tertiary/aromatic N) is 1. The number of benzene rings is 1. The fraction of sp³-hybridized carbons (Fsp3) is 0.474. The van der Waals surface area contributed by atoms with Gasteiger partial charge in [-0.25, -0.2) is 9.78 Å². The summed E-state index contributed by atoms with van der Waals surface area (Å²) in [6.07, 6.45) is 0.338. The summed E-state index contributed by atoms with van der Waals surface area (Å²) in [5, 5.41) is 0. The molecule has 1 atom stereocenters. The van der Waals surface area contributed by atoms with Gasteiger partial charge in [-0.05, 0) is 38.3 Å². The van der Waals surface area contributed by atoms with E-state index in [9.17, 15) is 4.79 Å². The lowest BCUT2D eigenvalue weighted by molar-refractivity contribution is -0.157. The molecule has 0 saturated heterocycles. The number of ether oxygens (including phenoxy) is 2. The van der Waals surface area contributed by atoms with Crippen molar-refractivity contribution in [3.63, 3.8) is 0 Å². The SMILES string of the molecule is Cc1oc(-c2ccccc2)nc1COC(=O)C(C)OCCC(C)C. The third-order valence-corrected chi connectivity index (χ3v) is 3.66. The van der Waals surface area contributed by atoms with E-state index in [2.05, 4.69) is 18.8 Å². The Hall–Kier alpha value is -2.14. The highest BCUT2D eigenvalue weighted by molar-refractivity contribution is 5.74. The standard InChI is InChI=1S/C19H25NO4/c1-13(2)10-11-22-15(4)19(21)23-12-17-14(3)24-18(20-17)16-8-6-5-7-9-16/h5-9,13,15H,10-12H2,1-4H3. The summed E-state index contributed by atoms with van der Waals surface area (Å²) in [5.74, 6) is 1.33. The van der Waals surface area contributed by atoms with Gasteiger partial charge in [-0.3, -0.25) is 0 Å². The highest BCUT2D eigenvalue weighted by Crippen LogP contribution is 2.21. The van der Waals surface area contributed by atoms with Crippen LogP contribution in [-0.4, -0.2) is 23.7 Å². The van der Waals surface area contributed by atoms with Crippen molar-refractivity contribution < 1.29 is 18.7 Å². The maximum absolute atomic E-state index is 12.0. The van der Waals surface area contributed by atoms with Crippen LogP contribution in [-0.2, 0) is 20.9 Å². The van der Waals surface area contributed by atoms with Crippen LogP contribution in [0.15, 0.2) is 34.7 Å². The van der Waals surface area contributed by atoms with Crippen molar-refractivity contribution in [2.75, 3.05) is 6.61 Å². The van der Waals surface area contributed by atoms with Crippen LogP contribution >= 0.6 is 0 Å². The molecule has 0 aliphatic carbocycles. The normalized spacial score (nSPS) is 12.4. The van der Waals surface area contributed by atoms with Crippen molar-refractivity contribution >= 4 is 5.97 Å². The van der Waals surface area contributed by atoms with E-state index < -0.39 is 6.10 Å². The van der Waals surface area contributed by atoms with E-state index in [1.165, 1.54) is 0 Å². The fourth-order valence-corrected chi connectivity index (χ4v) is 2.07. The highest BCUT2D eigenvalue weighted by atomic mass is 16.6. The monoisotopic (exact) mass is 331 g/mol. The largest absolute Gasteiger partial charge is 0.457 e. The zero-order chi connectivity index (χ0) is 17.5. The van der Waals surface area contributed by atoms with Crippen LogP contribution < -0.4 is 0 Å². The molecular formula is C19H25NO4. The minimum Gasteiger partial charge on any atom is -0.457 e. The van der Waals surface area contributed by atoms with Crippen molar-refractivity contribution in [2.45, 2.75) is 46.8 Å². The van der Waals surface area contributed by atoms with Gasteiger partial charge in [0.25, 0.3) is 0 Å². The number of aromatic nitrogens is 1. The van der Waals surface area contributed by atoms with Crippen LogP contribution in [0.2, 0.25) is 0 Å². The van der Waals surface area contributed by atoms with Gasteiger partial charge in [-0.1, -0.05) is 32.0 Å². The third kappa shape index (κ3) is 5.20. The number of esters is 1. The molecule has 24 heavy (non-hydrogen) atoms. The molecule has 5 nitrogen and oxygen atoms in total. The summed E-state index contributed by atoms with van der Waals surface area (Å²) in [5.41, 5.74) is 1.51. The van der Waals surface area contributed by atoms with Gasteiger partial charge < -0.3 is 13.9 Å². The quantitative estimate of drug-likeness (QED) is 0.680. The molecule has 2 aromatic rings. The molecule has 1 heterocycles. The molecule has 0 saturated carbocycles. The van der Waals surface area contributed by atoms with E-state index in [1.807, 2.05) is 37.3 Å². The van der Waals surface area contributed by atoms with Gasteiger partial charge in [-0.15, -0.1) is 0 Å². The Morgan fingerprint density at radius 2 is 1.92 bits per heavy atom. The molecular weight excluding hydrogens is 306 g/mol. The number of carbonyl (C=O) groups is 1. The summed E-state index contributed by atoms with van der Waals surface area (Å²) in [6.45, 7) is 8.38. The molecule has 1 unspecified atom stereocenters. The average Bonchev–Trinajstić information content (AvgIpc) is 2.94. The summed E-state index contributed by atoms with van der Waals surface area (Å²) in [4.78, 5) is 16.4. The van der Waals surface area contributed by atoms with E-state index in [1.54, 1.807) is 6.92 Å². The van der Waals surface area contributed by atoms with Crippen LogP contribution in [0.5, 0.6) is 0 Å². The summed E-state index contributed by atoms with van der Waals surface area (Å²) in [6, 6.07) is 9.62. The third-order valence-electron chi connectivity index (χ3n) is 3.66. The van der Waals surface area contributed by atoms with Crippen molar-refractivity contribution in [1.29, 1.82) is 0 Å². The second kappa shape index (κ2) is 8.64. The Kier molecular flexibility index (Phi) is 6.55. The van der Waals surface area contributed by atoms with E-state index in [0.29, 0.717) is 29.9 Å². The van der Waals surface area contributed by atoms with E-state index in [0.717, 1.165) is 12.0 Å². The molecule has 0 N–H and O–H groups in total. The number of carbonyl (C=O) groups excluding carboxylic acids is 1. The van der Waals surface area contributed by atoms with Crippen LogP contribution in [0.4, 0.5) is 0 Å². The lowest BCUT2D eigenvalue weighted by Crippen LogP contribution is -2.24. The maximum Gasteiger partial charge on any atom is 0.335 e. The van der Waals surface area contributed by atoms with E-state index >= 15 is 0 Å².